The number of hydrogen-bond donors (Lipinski definition) is 1. The van der Waals surface area contributed by atoms with Crippen LogP contribution in [0.3, 0.4) is 0 Å². The highest BCUT2D eigenvalue weighted by atomic mass is 32.2. The van der Waals surface area contributed by atoms with Gasteiger partial charge in [-0.25, -0.2) is 0 Å². The summed E-state index contributed by atoms with van der Waals surface area (Å²) < 4.78 is 11.4. The normalized spacial score (nSPS) is 12.3. The molecule has 1 N–H and O–H groups in total. The maximum Gasteiger partial charge on any atom is 0.0284 e. The van der Waals surface area contributed by atoms with Crippen molar-refractivity contribution in [2.75, 3.05) is 11.5 Å². The molecule has 0 radical (unpaired) electrons. The molecule has 0 fully saturated rings. The number of rotatable bonds is 7. The summed E-state index contributed by atoms with van der Waals surface area (Å²) in [5, 5.41) is 6.85. The molecule has 0 amide bonds. The predicted octanol–water partition coefficient (Wildman–Crippen LogP) is 2.41. The molecule has 0 aliphatic heterocycles. The van der Waals surface area contributed by atoms with Crippen molar-refractivity contribution in [3.63, 3.8) is 0 Å². The molecular weight excluding hydrogens is 206 g/mol. The van der Waals surface area contributed by atoms with Crippen molar-refractivity contribution in [2.24, 2.45) is 0 Å². The molecule has 0 aromatic heterocycles. The quantitative estimate of drug-likeness (QED) is 0.709. The molecule has 2 nitrogen and oxygen atoms in total. The van der Waals surface area contributed by atoms with E-state index in [0.29, 0.717) is 12.2 Å². The van der Waals surface area contributed by atoms with Crippen LogP contribution in [-0.4, -0.2) is 21.9 Å². The molecule has 0 heterocycles. The lowest BCUT2D eigenvalue weighted by Crippen LogP contribution is -2.04. The Balaban J connectivity index is 2.16. The van der Waals surface area contributed by atoms with Crippen molar-refractivity contribution in [2.45, 2.75) is 19.3 Å². The second-order valence-corrected chi connectivity index (χ2v) is 5.13. The summed E-state index contributed by atoms with van der Waals surface area (Å²) in [6.07, 6.45) is 3.93. The minimum Gasteiger partial charge on any atom is -0.313 e. The zero-order valence-electron chi connectivity index (χ0n) is 8.82. The van der Waals surface area contributed by atoms with E-state index >= 15 is 0 Å². The van der Waals surface area contributed by atoms with Gasteiger partial charge in [0.1, 0.15) is 0 Å². The van der Waals surface area contributed by atoms with Gasteiger partial charge in [0, 0.05) is 22.3 Å². The maximum atomic E-state index is 11.4. The third-order valence-electron chi connectivity index (χ3n) is 2.17. The van der Waals surface area contributed by atoms with Gasteiger partial charge in [0.05, 0.1) is 0 Å². The molecule has 1 rings (SSSR count). The Morgan fingerprint density at radius 2 is 1.93 bits per heavy atom. The molecule has 3 heteroatoms. The highest BCUT2D eigenvalue weighted by Gasteiger charge is 1.99. The van der Waals surface area contributed by atoms with E-state index in [1.807, 2.05) is 18.2 Å². The lowest BCUT2D eigenvalue weighted by molar-refractivity contribution is 0.680. The van der Waals surface area contributed by atoms with Crippen LogP contribution in [0.5, 0.6) is 0 Å². The van der Waals surface area contributed by atoms with E-state index in [2.05, 4.69) is 12.1 Å². The van der Waals surface area contributed by atoms with Crippen LogP contribution in [0.1, 0.15) is 18.4 Å². The molecule has 1 aromatic carbocycles. The van der Waals surface area contributed by atoms with Crippen LogP contribution in [0.4, 0.5) is 0 Å². The van der Waals surface area contributed by atoms with Gasteiger partial charge in [-0.05, 0) is 31.0 Å². The van der Waals surface area contributed by atoms with Gasteiger partial charge < -0.3 is 5.41 Å². The van der Waals surface area contributed by atoms with Gasteiger partial charge in [0.2, 0.25) is 0 Å². The Labute approximate surface area is 93.7 Å². The topological polar surface area (TPSA) is 40.9 Å². The summed E-state index contributed by atoms with van der Waals surface area (Å²) in [6, 6.07) is 10.3. The van der Waals surface area contributed by atoms with Crippen LogP contribution in [-0.2, 0) is 17.2 Å². The lowest BCUT2D eigenvalue weighted by Gasteiger charge is -2.01. The summed E-state index contributed by atoms with van der Waals surface area (Å²) in [4.78, 5) is 0. The van der Waals surface area contributed by atoms with E-state index in [9.17, 15) is 4.21 Å². The van der Waals surface area contributed by atoms with Crippen molar-refractivity contribution in [1.29, 1.82) is 5.41 Å². The van der Waals surface area contributed by atoms with Crippen molar-refractivity contribution >= 4 is 17.0 Å². The third kappa shape index (κ3) is 5.47. The Kier molecular flexibility index (Phi) is 5.93. The van der Waals surface area contributed by atoms with Crippen molar-refractivity contribution in [3.05, 3.63) is 35.9 Å². The van der Waals surface area contributed by atoms with E-state index in [4.69, 9.17) is 5.41 Å². The van der Waals surface area contributed by atoms with E-state index in [-0.39, 0.29) is 0 Å². The molecule has 1 aromatic rings. The first-order chi connectivity index (χ1) is 7.33. The second-order valence-electron chi connectivity index (χ2n) is 3.43. The highest BCUT2D eigenvalue weighted by molar-refractivity contribution is 7.84. The minimum absolute atomic E-state index is 0.637. The fourth-order valence-corrected chi connectivity index (χ4v) is 2.43. The fraction of sp³-hybridized carbons (Fsp3) is 0.417. The van der Waals surface area contributed by atoms with Crippen LogP contribution in [0.15, 0.2) is 30.3 Å². The van der Waals surface area contributed by atoms with Crippen molar-refractivity contribution < 1.29 is 4.21 Å². The molecule has 1 unspecified atom stereocenters. The SMILES string of the molecule is N=CCCS(=O)CCCc1ccccc1. The molecule has 0 saturated carbocycles. The summed E-state index contributed by atoms with van der Waals surface area (Å²) in [7, 11) is -0.745. The zero-order valence-corrected chi connectivity index (χ0v) is 9.63. The monoisotopic (exact) mass is 223 g/mol. The molecule has 0 spiro atoms. The second kappa shape index (κ2) is 7.35. The van der Waals surface area contributed by atoms with Crippen LogP contribution in [0, 0.1) is 5.41 Å². The van der Waals surface area contributed by atoms with E-state index < -0.39 is 10.8 Å². The fourth-order valence-electron chi connectivity index (χ4n) is 1.37. The summed E-state index contributed by atoms with van der Waals surface area (Å²) in [5.41, 5.74) is 1.31. The van der Waals surface area contributed by atoms with Gasteiger partial charge in [0.25, 0.3) is 0 Å². The Morgan fingerprint density at radius 1 is 1.20 bits per heavy atom. The first-order valence-corrected chi connectivity index (χ1v) is 6.69. The average molecular weight is 223 g/mol. The maximum absolute atomic E-state index is 11.4. The van der Waals surface area contributed by atoms with Gasteiger partial charge >= 0.3 is 0 Å². The van der Waals surface area contributed by atoms with Gasteiger partial charge in [-0.3, -0.25) is 4.21 Å². The number of nitrogens with one attached hydrogen (secondary N) is 1. The summed E-state index contributed by atoms with van der Waals surface area (Å²) in [6.45, 7) is 0. The molecule has 15 heavy (non-hydrogen) atoms. The molecule has 0 bridgehead atoms. The van der Waals surface area contributed by atoms with Crippen LogP contribution < -0.4 is 0 Å². The molecule has 0 aliphatic rings. The van der Waals surface area contributed by atoms with Gasteiger partial charge in [-0.2, -0.15) is 0 Å². The standard InChI is InChI=1S/C12H17NOS/c13-9-5-11-15(14)10-4-8-12-6-2-1-3-7-12/h1-3,6-7,9,13H,4-5,8,10-11H2. The number of benzene rings is 1. The molecule has 0 aliphatic carbocycles. The van der Waals surface area contributed by atoms with E-state index in [1.54, 1.807) is 0 Å². The average Bonchev–Trinajstić information content (AvgIpc) is 2.28. The Morgan fingerprint density at radius 3 is 2.60 bits per heavy atom. The first kappa shape index (κ1) is 12.1. The van der Waals surface area contributed by atoms with Crippen molar-refractivity contribution in [3.8, 4) is 0 Å². The van der Waals surface area contributed by atoms with Crippen LogP contribution in [0.2, 0.25) is 0 Å². The predicted molar refractivity (Wildman–Crippen MR) is 66.0 cm³/mol. The number of aryl methyl sites for hydroxylation is 1. The van der Waals surface area contributed by atoms with Crippen LogP contribution in [0.25, 0.3) is 0 Å². The van der Waals surface area contributed by atoms with Gasteiger partial charge in [-0.15, -0.1) is 0 Å². The third-order valence-corrected chi connectivity index (χ3v) is 3.61. The highest BCUT2D eigenvalue weighted by Crippen LogP contribution is 2.03. The Hall–Kier alpha value is -0.960. The first-order valence-electron chi connectivity index (χ1n) is 5.21. The lowest BCUT2D eigenvalue weighted by atomic mass is 10.1. The molecule has 1 atom stereocenters. The molecule has 0 saturated heterocycles. The van der Waals surface area contributed by atoms with Gasteiger partial charge in [-0.1, -0.05) is 30.3 Å². The Bertz CT molecular complexity index is 311. The summed E-state index contributed by atoms with van der Waals surface area (Å²) >= 11 is 0. The minimum atomic E-state index is -0.745. The smallest absolute Gasteiger partial charge is 0.0284 e. The summed E-state index contributed by atoms with van der Waals surface area (Å²) in [5.74, 6) is 1.39. The molecule has 82 valence electrons. The number of hydrogen-bond acceptors (Lipinski definition) is 2. The van der Waals surface area contributed by atoms with Crippen LogP contribution >= 0.6 is 0 Å². The van der Waals surface area contributed by atoms with E-state index in [0.717, 1.165) is 18.6 Å². The molecular formula is C12H17NOS. The van der Waals surface area contributed by atoms with Crippen molar-refractivity contribution in [1.82, 2.24) is 0 Å². The van der Waals surface area contributed by atoms with E-state index in [1.165, 1.54) is 11.8 Å². The van der Waals surface area contributed by atoms with Gasteiger partial charge in [0.15, 0.2) is 0 Å². The largest absolute Gasteiger partial charge is 0.313 e. The zero-order chi connectivity index (χ0) is 10.9.